The number of nitro groups is 1. The molecule has 1 aliphatic heterocycles. The van der Waals surface area contributed by atoms with E-state index in [-0.39, 0.29) is 17.5 Å². The maximum Gasteiger partial charge on any atom is 0.293 e. The molecule has 8 heteroatoms. The summed E-state index contributed by atoms with van der Waals surface area (Å²) in [6, 6.07) is 12.9. The number of rotatable bonds is 7. The molecule has 1 fully saturated rings. The van der Waals surface area contributed by atoms with Crippen LogP contribution in [-0.4, -0.2) is 27.6 Å². The zero-order valence-electron chi connectivity index (χ0n) is 14.7. The van der Waals surface area contributed by atoms with Gasteiger partial charge in [0.1, 0.15) is 12.4 Å². The Kier molecular flexibility index (Phi) is 5.90. The van der Waals surface area contributed by atoms with Crippen molar-refractivity contribution in [3.8, 4) is 5.75 Å². The minimum Gasteiger partial charge on any atom is -0.490 e. The molecule has 2 amide bonds. The first-order valence-corrected chi connectivity index (χ1v) is 9.12. The highest BCUT2D eigenvalue weighted by atomic mass is 32.2. The van der Waals surface area contributed by atoms with Crippen LogP contribution in [0.5, 0.6) is 5.75 Å². The van der Waals surface area contributed by atoms with E-state index in [2.05, 4.69) is 6.58 Å². The van der Waals surface area contributed by atoms with E-state index in [0.29, 0.717) is 22.8 Å². The Morgan fingerprint density at radius 1 is 1.18 bits per heavy atom. The van der Waals surface area contributed by atoms with E-state index in [1.54, 1.807) is 30.4 Å². The molecule has 3 rings (SSSR count). The quantitative estimate of drug-likeness (QED) is 0.298. The van der Waals surface area contributed by atoms with Crippen molar-refractivity contribution in [1.29, 1.82) is 0 Å². The average Bonchev–Trinajstić information content (AvgIpc) is 2.94. The van der Waals surface area contributed by atoms with Gasteiger partial charge in [0.05, 0.1) is 16.4 Å². The van der Waals surface area contributed by atoms with Gasteiger partial charge in [-0.05, 0) is 41.1 Å². The maximum absolute atomic E-state index is 12.6. The number of hydrogen-bond acceptors (Lipinski definition) is 6. The molecule has 2 aromatic rings. The minimum absolute atomic E-state index is 0.0451. The van der Waals surface area contributed by atoms with Crippen LogP contribution in [0.4, 0.5) is 10.5 Å². The summed E-state index contributed by atoms with van der Waals surface area (Å²) in [7, 11) is 0. The van der Waals surface area contributed by atoms with E-state index in [1.807, 2.05) is 6.07 Å². The summed E-state index contributed by atoms with van der Waals surface area (Å²) in [6.07, 6.45) is 3.28. The molecule has 0 N–H and O–H groups in total. The number of benzene rings is 2. The van der Waals surface area contributed by atoms with Gasteiger partial charge in [-0.15, -0.1) is 0 Å². The molecular weight excluding hydrogens is 380 g/mol. The Labute approximate surface area is 165 Å². The Hall–Kier alpha value is -3.39. The van der Waals surface area contributed by atoms with Crippen molar-refractivity contribution in [2.75, 3.05) is 6.61 Å². The number of carbonyl (C=O) groups excluding carboxylic acids is 2. The van der Waals surface area contributed by atoms with Crippen molar-refractivity contribution in [1.82, 2.24) is 4.90 Å². The predicted molar refractivity (Wildman–Crippen MR) is 107 cm³/mol. The molecule has 0 aliphatic carbocycles. The van der Waals surface area contributed by atoms with Crippen molar-refractivity contribution in [2.45, 2.75) is 6.54 Å². The SMILES string of the molecule is C=CCOc1cccc(/C=C2/SC(=O)N(Cc3ccc([N+](=O)[O-])cc3)C2=O)c1. The summed E-state index contributed by atoms with van der Waals surface area (Å²) in [5, 5.41) is 10.3. The van der Waals surface area contributed by atoms with Gasteiger partial charge in [-0.2, -0.15) is 0 Å². The van der Waals surface area contributed by atoms with Gasteiger partial charge < -0.3 is 4.74 Å². The Bertz CT molecular complexity index is 969. The molecule has 0 unspecified atom stereocenters. The van der Waals surface area contributed by atoms with E-state index >= 15 is 0 Å². The van der Waals surface area contributed by atoms with Crippen LogP contribution in [0.25, 0.3) is 6.08 Å². The highest BCUT2D eigenvalue weighted by molar-refractivity contribution is 8.18. The van der Waals surface area contributed by atoms with E-state index in [0.717, 1.165) is 22.2 Å². The van der Waals surface area contributed by atoms with Crippen molar-refractivity contribution in [2.24, 2.45) is 0 Å². The van der Waals surface area contributed by atoms with Crippen molar-refractivity contribution in [3.05, 3.63) is 87.3 Å². The number of ether oxygens (including phenoxy) is 1. The number of nitro benzene ring substituents is 1. The second kappa shape index (κ2) is 8.53. The highest BCUT2D eigenvalue weighted by Crippen LogP contribution is 2.33. The summed E-state index contributed by atoms with van der Waals surface area (Å²) >= 11 is 0.861. The lowest BCUT2D eigenvalue weighted by Crippen LogP contribution is -2.27. The first kappa shape index (κ1) is 19.4. The molecule has 142 valence electrons. The molecule has 0 bridgehead atoms. The molecule has 1 saturated heterocycles. The monoisotopic (exact) mass is 396 g/mol. The van der Waals surface area contributed by atoms with Crippen LogP contribution in [0.2, 0.25) is 0 Å². The topological polar surface area (TPSA) is 89.8 Å². The van der Waals surface area contributed by atoms with E-state index in [9.17, 15) is 19.7 Å². The van der Waals surface area contributed by atoms with Crippen LogP contribution in [0, 0.1) is 10.1 Å². The molecule has 7 nitrogen and oxygen atoms in total. The van der Waals surface area contributed by atoms with Gasteiger partial charge >= 0.3 is 0 Å². The molecule has 2 aromatic carbocycles. The number of imide groups is 1. The summed E-state index contributed by atoms with van der Waals surface area (Å²) in [6.45, 7) is 4.02. The minimum atomic E-state index is -0.500. The molecule has 0 aromatic heterocycles. The number of amides is 2. The summed E-state index contributed by atoms with van der Waals surface area (Å²) in [5.74, 6) is 0.240. The largest absolute Gasteiger partial charge is 0.490 e. The Morgan fingerprint density at radius 3 is 2.61 bits per heavy atom. The van der Waals surface area contributed by atoms with Gasteiger partial charge in [-0.1, -0.05) is 36.9 Å². The normalized spacial score (nSPS) is 15.1. The number of non-ortho nitro benzene ring substituents is 1. The van der Waals surface area contributed by atoms with Gasteiger partial charge in [0, 0.05) is 12.1 Å². The molecule has 1 heterocycles. The second-order valence-electron chi connectivity index (χ2n) is 5.86. The summed E-state index contributed by atoms with van der Waals surface area (Å²) in [4.78, 5) is 36.5. The Balaban J connectivity index is 1.75. The summed E-state index contributed by atoms with van der Waals surface area (Å²) < 4.78 is 5.47. The van der Waals surface area contributed by atoms with Crippen molar-refractivity contribution >= 4 is 34.7 Å². The number of nitrogens with zero attached hydrogens (tertiary/aromatic N) is 2. The Morgan fingerprint density at radius 2 is 1.93 bits per heavy atom. The number of thioether (sulfide) groups is 1. The van der Waals surface area contributed by atoms with Crippen molar-refractivity contribution < 1.29 is 19.2 Å². The van der Waals surface area contributed by atoms with Crippen LogP contribution >= 0.6 is 11.8 Å². The third kappa shape index (κ3) is 4.47. The van der Waals surface area contributed by atoms with Crippen LogP contribution in [0.15, 0.2) is 66.1 Å². The van der Waals surface area contributed by atoms with Gasteiger partial charge in [-0.25, -0.2) is 0 Å². The molecule has 0 atom stereocenters. The van der Waals surface area contributed by atoms with E-state index in [1.165, 1.54) is 24.3 Å². The van der Waals surface area contributed by atoms with Gasteiger partial charge in [0.2, 0.25) is 0 Å². The highest BCUT2D eigenvalue weighted by Gasteiger charge is 2.35. The zero-order chi connectivity index (χ0) is 20.1. The standard InChI is InChI=1S/C20H16N2O5S/c1-2-10-27-17-5-3-4-15(11-17)12-18-19(23)21(20(24)28-18)13-14-6-8-16(9-7-14)22(25)26/h2-9,11-12H,1,10,13H2/b18-12+. The van der Waals surface area contributed by atoms with Crippen LogP contribution < -0.4 is 4.74 Å². The third-order valence-electron chi connectivity index (χ3n) is 3.89. The first-order chi connectivity index (χ1) is 13.5. The molecule has 0 spiro atoms. The van der Waals surface area contributed by atoms with Gasteiger partial charge in [-0.3, -0.25) is 24.6 Å². The predicted octanol–water partition coefficient (Wildman–Crippen LogP) is 4.40. The molecular formula is C20H16N2O5S. The van der Waals surface area contributed by atoms with Gasteiger partial charge in [0.25, 0.3) is 16.8 Å². The molecule has 0 saturated carbocycles. The second-order valence-corrected chi connectivity index (χ2v) is 6.86. The van der Waals surface area contributed by atoms with Crippen LogP contribution in [0.3, 0.4) is 0 Å². The number of hydrogen-bond donors (Lipinski definition) is 0. The van der Waals surface area contributed by atoms with Gasteiger partial charge in [0.15, 0.2) is 0 Å². The van der Waals surface area contributed by atoms with Crippen LogP contribution in [-0.2, 0) is 11.3 Å². The lowest BCUT2D eigenvalue weighted by atomic mass is 10.2. The van der Waals surface area contributed by atoms with Crippen molar-refractivity contribution in [3.63, 3.8) is 0 Å². The fourth-order valence-corrected chi connectivity index (χ4v) is 3.38. The smallest absolute Gasteiger partial charge is 0.293 e. The molecule has 0 radical (unpaired) electrons. The number of carbonyl (C=O) groups is 2. The maximum atomic E-state index is 12.6. The van der Waals surface area contributed by atoms with Crippen LogP contribution in [0.1, 0.15) is 11.1 Å². The van der Waals surface area contributed by atoms with E-state index < -0.39 is 10.8 Å². The van der Waals surface area contributed by atoms with E-state index in [4.69, 9.17) is 4.74 Å². The summed E-state index contributed by atoms with van der Waals surface area (Å²) in [5.41, 5.74) is 1.33. The third-order valence-corrected chi connectivity index (χ3v) is 4.79. The fraction of sp³-hybridized carbons (Fsp3) is 0.100. The fourth-order valence-electron chi connectivity index (χ4n) is 2.54. The molecule has 28 heavy (non-hydrogen) atoms. The molecule has 1 aliphatic rings. The lowest BCUT2D eigenvalue weighted by Gasteiger charge is -2.12. The first-order valence-electron chi connectivity index (χ1n) is 8.30. The average molecular weight is 396 g/mol. The lowest BCUT2D eigenvalue weighted by molar-refractivity contribution is -0.384. The zero-order valence-corrected chi connectivity index (χ0v) is 15.6.